The predicted molar refractivity (Wildman–Crippen MR) is 76.1 cm³/mol. The van der Waals surface area contributed by atoms with Crippen LogP contribution in [0.3, 0.4) is 0 Å². The van der Waals surface area contributed by atoms with Crippen molar-refractivity contribution in [2.75, 3.05) is 0 Å². The second-order valence-electron chi connectivity index (χ2n) is 4.34. The number of aromatic hydroxyl groups is 1. The number of hydrogen-bond donors (Lipinski definition) is 2. The average Bonchev–Trinajstić information content (AvgIpc) is 2.43. The number of rotatable bonds is 2. The van der Waals surface area contributed by atoms with Gasteiger partial charge >= 0.3 is 0 Å². The molecule has 0 spiro atoms. The van der Waals surface area contributed by atoms with E-state index in [1.165, 1.54) is 12.1 Å². The summed E-state index contributed by atoms with van der Waals surface area (Å²) in [6.07, 6.45) is 5.47. The normalized spacial score (nSPS) is 13.6. The van der Waals surface area contributed by atoms with Crippen molar-refractivity contribution in [2.45, 2.75) is 12.5 Å². The minimum absolute atomic E-state index is 0.0776. The molecule has 0 aliphatic heterocycles. The third kappa shape index (κ3) is 2.31. The summed E-state index contributed by atoms with van der Waals surface area (Å²) in [6.45, 7) is 1.77. The second-order valence-corrected chi connectivity index (χ2v) is 4.75. The van der Waals surface area contributed by atoms with E-state index in [2.05, 4.69) is 5.92 Å². The van der Waals surface area contributed by atoms with Crippen LogP contribution in [0.25, 0.3) is 0 Å². The Morgan fingerprint density at radius 1 is 1.21 bits per heavy atom. The third-order valence-electron chi connectivity index (χ3n) is 3.07. The van der Waals surface area contributed by atoms with Crippen molar-refractivity contribution in [1.82, 2.24) is 0 Å². The fourth-order valence-electron chi connectivity index (χ4n) is 1.95. The highest BCUT2D eigenvalue weighted by Crippen LogP contribution is 2.37. The largest absolute Gasteiger partial charge is 0.507 e. The SMILES string of the molecule is C#CC(O)(c1ccccc1)c1cc(Cl)c(C)cc1O. The first-order valence-electron chi connectivity index (χ1n) is 5.74. The molecule has 2 nitrogen and oxygen atoms in total. The van der Waals surface area contributed by atoms with Gasteiger partial charge in [0.2, 0.25) is 0 Å². The summed E-state index contributed by atoms with van der Waals surface area (Å²) < 4.78 is 0. The predicted octanol–water partition coefficient (Wildman–Crippen LogP) is 3.22. The minimum Gasteiger partial charge on any atom is -0.507 e. The zero-order valence-electron chi connectivity index (χ0n) is 10.4. The molecule has 0 fully saturated rings. The van der Waals surface area contributed by atoms with Crippen molar-refractivity contribution < 1.29 is 10.2 Å². The van der Waals surface area contributed by atoms with Gasteiger partial charge in [-0.25, -0.2) is 0 Å². The molecule has 0 aliphatic carbocycles. The summed E-state index contributed by atoms with van der Waals surface area (Å²) in [7, 11) is 0. The van der Waals surface area contributed by atoms with Gasteiger partial charge in [-0.15, -0.1) is 6.42 Å². The molecular formula is C16H13ClO2. The first kappa shape index (κ1) is 13.5. The van der Waals surface area contributed by atoms with Gasteiger partial charge < -0.3 is 10.2 Å². The van der Waals surface area contributed by atoms with E-state index in [0.717, 1.165) is 5.56 Å². The number of terminal acetylenes is 1. The summed E-state index contributed by atoms with van der Waals surface area (Å²) in [6, 6.07) is 11.7. The number of halogens is 1. The summed E-state index contributed by atoms with van der Waals surface area (Å²) in [5.74, 6) is 2.26. The van der Waals surface area contributed by atoms with Crippen molar-refractivity contribution >= 4 is 11.6 Å². The van der Waals surface area contributed by atoms with Crippen LogP contribution in [0.5, 0.6) is 5.75 Å². The average molecular weight is 273 g/mol. The van der Waals surface area contributed by atoms with Crippen molar-refractivity contribution in [3.8, 4) is 18.1 Å². The van der Waals surface area contributed by atoms with Gasteiger partial charge in [-0.2, -0.15) is 0 Å². The van der Waals surface area contributed by atoms with Gasteiger partial charge in [0.1, 0.15) is 5.75 Å². The molecule has 0 saturated carbocycles. The summed E-state index contributed by atoms with van der Waals surface area (Å²) >= 11 is 6.05. The number of phenols is 1. The van der Waals surface area contributed by atoms with E-state index in [1.54, 1.807) is 31.2 Å². The summed E-state index contributed by atoms with van der Waals surface area (Å²) in [4.78, 5) is 0. The van der Waals surface area contributed by atoms with Gasteiger partial charge in [-0.05, 0) is 24.6 Å². The Labute approximate surface area is 117 Å². The van der Waals surface area contributed by atoms with Crippen LogP contribution in [0.15, 0.2) is 42.5 Å². The summed E-state index contributed by atoms with van der Waals surface area (Å²) in [5.41, 5.74) is -0.275. The molecule has 2 aromatic carbocycles. The molecule has 0 aromatic heterocycles. The molecule has 19 heavy (non-hydrogen) atoms. The molecule has 2 aromatic rings. The zero-order chi connectivity index (χ0) is 14.0. The van der Waals surface area contributed by atoms with Crippen molar-refractivity contribution in [1.29, 1.82) is 0 Å². The van der Waals surface area contributed by atoms with E-state index < -0.39 is 5.60 Å². The van der Waals surface area contributed by atoms with Crippen LogP contribution in [0.2, 0.25) is 5.02 Å². The smallest absolute Gasteiger partial charge is 0.180 e. The molecule has 96 valence electrons. The van der Waals surface area contributed by atoms with E-state index in [4.69, 9.17) is 18.0 Å². The summed E-state index contributed by atoms with van der Waals surface area (Å²) in [5, 5.41) is 21.2. The van der Waals surface area contributed by atoms with Crippen LogP contribution < -0.4 is 0 Å². The molecule has 0 saturated heterocycles. The quantitative estimate of drug-likeness (QED) is 0.824. The van der Waals surface area contributed by atoms with Crippen LogP contribution >= 0.6 is 11.6 Å². The Balaban J connectivity index is 2.67. The van der Waals surface area contributed by atoms with Crippen LogP contribution in [-0.2, 0) is 5.60 Å². The maximum absolute atomic E-state index is 10.7. The molecule has 0 radical (unpaired) electrons. The van der Waals surface area contributed by atoms with Gasteiger partial charge in [0.05, 0.1) is 0 Å². The minimum atomic E-state index is -1.71. The molecule has 2 rings (SSSR count). The van der Waals surface area contributed by atoms with Crippen LogP contribution in [0, 0.1) is 19.3 Å². The Morgan fingerprint density at radius 2 is 1.84 bits per heavy atom. The topological polar surface area (TPSA) is 40.5 Å². The molecule has 0 amide bonds. The van der Waals surface area contributed by atoms with Gasteiger partial charge in [-0.1, -0.05) is 47.9 Å². The van der Waals surface area contributed by atoms with E-state index >= 15 is 0 Å². The highest BCUT2D eigenvalue weighted by molar-refractivity contribution is 6.31. The molecule has 0 heterocycles. The van der Waals surface area contributed by atoms with E-state index in [1.807, 2.05) is 6.07 Å². The van der Waals surface area contributed by atoms with Crippen LogP contribution in [-0.4, -0.2) is 10.2 Å². The Hall–Kier alpha value is -1.95. The standard InChI is InChI=1S/C16H13ClO2/c1-3-16(19,12-7-5-4-6-8-12)13-10-14(17)11(2)9-15(13)18/h1,4-10,18-19H,2H3. The number of hydrogen-bond acceptors (Lipinski definition) is 2. The lowest BCUT2D eigenvalue weighted by atomic mass is 9.86. The molecule has 0 aliphatic rings. The van der Waals surface area contributed by atoms with E-state index in [-0.39, 0.29) is 11.3 Å². The molecule has 2 N–H and O–H groups in total. The molecule has 0 bridgehead atoms. The maximum Gasteiger partial charge on any atom is 0.180 e. The lowest BCUT2D eigenvalue weighted by molar-refractivity contribution is 0.142. The Morgan fingerprint density at radius 3 is 2.42 bits per heavy atom. The van der Waals surface area contributed by atoms with Gasteiger partial charge in [0.15, 0.2) is 5.60 Å². The van der Waals surface area contributed by atoms with Crippen LogP contribution in [0.1, 0.15) is 16.7 Å². The molecule has 1 unspecified atom stereocenters. The molecular weight excluding hydrogens is 260 g/mol. The number of aryl methyl sites for hydroxylation is 1. The van der Waals surface area contributed by atoms with Crippen molar-refractivity contribution in [3.63, 3.8) is 0 Å². The van der Waals surface area contributed by atoms with Crippen molar-refractivity contribution in [2.24, 2.45) is 0 Å². The van der Waals surface area contributed by atoms with Crippen molar-refractivity contribution in [3.05, 3.63) is 64.2 Å². The van der Waals surface area contributed by atoms with E-state index in [9.17, 15) is 10.2 Å². The number of benzene rings is 2. The van der Waals surface area contributed by atoms with E-state index in [0.29, 0.717) is 10.6 Å². The fourth-order valence-corrected chi connectivity index (χ4v) is 2.12. The Kier molecular flexibility index (Phi) is 3.53. The first-order valence-corrected chi connectivity index (χ1v) is 6.12. The van der Waals surface area contributed by atoms with Gasteiger partial charge in [-0.3, -0.25) is 0 Å². The molecule has 1 atom stereocenters. The zero-order valence-corrected chi connectivity index (χ0v) is 11.1. The lowest BCUT2D eigenvalue weighted by Gasteiger charge is -2.24. The van der Waals surface area contributed by atoms with Gasteiger partial charge in [0.25, 0.3) is 0 Å². The highest BCUT2D eigenvalue weighted by atomic mass is 35.5. The van der Waals surface area contributed by atoms with Crippen LogP contribution in [0.4, 0.5) is 0 Å². The number of aliphatic hydroxyl groups is 1. The lowest BCUT2D eigenvalue weighted by Crippen LogP contribution is -2.25. The maximum atomic E-state index is 10.7. The monoisotopic (exact) mass is 272 g/mol. The Bertz CT molecular complexity index is 644. The molecule has 3 heteroatoms. The van der Waals surface area contributed by atoms with Gasteiger partial charge in [0, 0.05) is 16.1 Å². The first-order chi connectivity index (χ1) is 8.99. The highest BCUT2D eigenvalue weighted by Gasteiger charge is 2.32. The second kappa shape index (κ2) is 4.97. The third-order valence-corrected chi connectivity index (χ3v) is 3.47. The number of phenolic OH excluding ortho intramolecular Hbond substituents is 1. The fraction of sp³-hybridized carbons (Fsp3) is 0.125.